The Kier molecular flexibility index (Phi) is 5.32. The third-order valence-corrected chi connectivity index (χ3v) is 4.49. The van der Waals surface area contributed by atoms with Crippen molar-refractivity contribution in [3.05, 3.63) is 83.7 Å². The second kappa shape index (κ2) is 7.83. The highest BCUT2D eigenvalue weighted by Crippen LogP contribution is 2.23. The van der Waals surface area contributed by atoms with E-state index in [-0.39, 0.29) is 5.91 Å². The largest absolute Gasteiger partial charge is 0.355 e. The molecule has 0 aliphatic rings. The van der Waals surface area contributed by atoms with Crippen molar-refractivity contribution < 1.29 is 4.79 Å². The zero-order valence-corrected chi connectivity index (χ0v) is 15.4. The summed E-state index contributed by atoms with van der Waals surface area (Å²) in [7, 11) is 0. The van der Waals surface area contributed by atoms with Gasteiger partial charge in [-0.25, -0.2) is 0 Å². The van der Waals surface area contributed by atoms with Crippen LogP contribution in [-0.4, -0.2) is 17.4 Å². The summed E-state index contributed by atoms with van der Waals surface area (Å²) in [4.78, 5) is 18.9. The van der Waals surface area contributed by atoms with Gasteiger partial charge in [-0.15, -0.1) is 0 Å². The molecule has 0 radical (unpaired) electrons. The smallest absolute Gasteiger partial charge is 0.276 e. The fraction of sp³-hybridized carbons (Fsp3) is 0.182. The maximum atomic E-state index is 12.9. The number of benzene rings is 2. The van der Waals surface area contributed by atoms with Crippen LogP contribution in [0.3, 0.4) is 0 Å². The lowest BCUT2D eigenvalue weighted by molar-refractivity contribution is 0.0983. The first-order valence-corrected chi connectivity index (χ1v) is 8.76. The number of nitrogens with zero attached hydrogens (tertiary/aromatic N) is 2. The van der Waals surface area contributed by atoms with Crippen LogP contribution in [0.5, 0.6) is 0 Å². The first-order chi connectivity index (χ1) is 12.6. The Morgan fingerprint density at radius 1 is 1.04 bits per heavy atom. The molecule has 1 N–H and O–H groups in total. The molecule has 26 heavy (non-hydrogen) atoms. The number of hydrogen-bond donors (Lipinski definition) is 1. The first kappa shape index (κ1) is 17.7. The van der Waals surface area contributed by atoms with Crippen molar-refractivity contribution in [3.8, 4) is 0 Å². The van der Waals surface area contributed by atoms with E-state index in [1.165, 1.54) is 11.1 Å². The number of anilines is 3. The van der Waals surface area contributed by atoms with Crippen LogP contribution in [-0.2, 0) is 0 Å². The predicted molar refractivity (Wildman–Crippen MR) is 107 cm³/mol. The molecule has 0 fully saturated rings. The van der Waals surface area contributed by atoms with Crippen molar-refractivity contribution in [1.29, 1.82) is 0 Å². The van der Waals surface area contributed by atoms with Crippen molar-refractivity contribution in [2.24, 2.45) is 0 Å². The Labute approximate surface area is 154 Å². The third kappa shape index (κ3) is 3.75. The van der Waals surface area contributed by atoms with E-state index in [0.29, 0.717) is 12.2 Å². The van der Waals surface area contributed by atoms with Crippen LogP contribution in [0.15, 0.2) is 66.9 Å². The quantitative estimate of drug-likeness (QED) is 0.699. The van der Waals surface area contributed by atoms with Crippen LogP contribution in [0.4, 0.5) is 17.1 Å². The van der Waals surface area contributed by atoms with Gasteiger partial charge in [0.05, 0.1) is 0 Å². The fourth-order valence-corrected chi connectivity index (χ4v) is 2.86. The molecule has 0 saturated heterocycles. The average molecular weight is 345 g/mol. The second-order valence-electron chi connectivity index (χ2n) is 6.19. The molecule has 1 heterocycles. The summed E-state index contributed by atoms with van der Waals surface area (Å²) in [5, 5.41) is 3.39. The van der Waals surface area contributed by atoms with Gasteiger partial charge in [0.2, 0.25) is 0 Å². The number of carbonyl (C=O) groups is 1. The topological polar surface area (TPSA) is 45.2 Å². The van der Waals surface area contributed by atoms with Crippen molar-refractivity contribution >= 4 is 23.0 Å². The number of hydrogen-bond acceptors (Lipinski definition) is 3. The highest BCUT2D eigenvalue weighted by Gasteiger charge is 2.17. The third-order valence-electron chi connectivity index (χ3n) is 4.49. The van der Waals surface area contributed by atoms with Gasteiger partial charge < -0.3 is 10.2 Å². The van der Waals surface area contributed by atoms with Crippen LogP contribution in [0.25, 0.3) is 0 Å². The van der Waals surface area contributed by atoms with Crippen molar-refractivity contribution in [2.45, 2.75) is 20.8 Å². The number of pyridine rings is 1. The highest BCUT2D eigenvalue weighted by molar-refractivity contribution is 6.05. The standard InChI is InChI=1S/C22H23N3O/c1-4-25(19-10-6-5-7-11-19)22(26)21-15-18(13-14-23-21)24-20-12-8-9-16(2)17(20)3/h5-15H,4H2,1-3H3,(H,23,24). The molecule has 4 nitrogen and oxygen atoms in total. The molecule has 4 heteroatoms. The zero-order valence-electron chi connectivity index (χ0n) is 15.4. The van der Waals surface area contributed by atoms with Crippen LogP contribution in [0.1, 0.15) is 28.5 Å². The summed E-state index contributed by atoms with van der Waals surface area (Å²) >= 11 is 0. The molecule has 0 aliphatic heterocycles. The fourth-order valence-electron chi connectivity index (χ4n) is 2.86. The summed E-state index contributed by atoms with van der Waals surface area (Å²) in [6, 6.07) is 19.5. The van der Waals surface area contributed by atoms with E-state index in [1.54, 1.807) is 17.2 Å². The molecular weight excluding hydrogens is 322 g/mol. The molecule has 3 aromatic rings. The van der Waals surface area contributed by atoms with Gasteiger partial charge in [0.25, 0.3) is 5.91 Å². The zero-order chi connectivity index (χ0) is 18.5. The van der Waals surface area contributed by atoms with E-state index in [1.807, 2.05) is 55.5 Å². The van der Waals surface area contributed by atoms with E-state index < -0.39 is 0 Å². The molecule has 0 bridgehead atoms. The molecule has 0 spiro atoms. The molecule has 2 aromatic carbocycles. The number of nitrogens with one attached hydrogen (secondary N) is 1. The van der Waals surface area contributed by atoms with Crippen LogP contribution < -0.4 is 10.2 Å². The molecule has 0 aliphatic carbocycles. The molecule has 132 valence electrons. The summed E-state index contributed by atoms with van der Waals surface area (Å²) < 4.78 is 0. The van der Waals surface area contributed by atoms with Crippen LogP contribution >= 0.6 is 0 Å². The number of aryl methyl sites for hydroxylation is 1. The van der Waals surface area contributed by atoms with Gasteiger partial charge in [-0.3, -0.25) is 9.78 Å². The predicted octanol–water partition coefficient (Wildman–Crippen LogP) is 5.11. The number of carbonyl (C=O) groups excluding carboxylic acids is 1. The number of rotatable bonds is 5. The molecule has 0 saturated carbocycles. The number of para-hydroxylation sites is 1. The average Bonchev–Trinajstić information content (AvgIpc) is 2.67. The second-order valence-corrected chi connectivity index (χ2v) is 6.19. The minimum Gasteiger partial charge on any atom is -0.355 e. The minimum atomic E-state index is -0.108. The van der Waals surface area contributed by atoms with E-state index in [2.05, 4.69) is 30.2 Å². The van der Waals surface area contributed by atoms with Crippen LogP contribution in [0.2, 0.25) is 0 Å². The van der Waals surface area contributed by atoms with Crippen molar-refractivity contribution in [3.63, 3.8) is 0 Å². The van der Waals surface area contributed by atoms with Gasteiger partial charge in [-0.2, -0.15) is 0 Å². The lowest BCUT2D eigenvalue weighted by Crippen LogP contribution is -2.31. The number of aromatic nitrogens is 1. The Hall–Kier alpha value is -3.14. The maximum Gasteiger partial charge on any atom is 0.276 e. The maximum absolute atomic E-state index is 12.9. The Bertz CT molecular complexity index is 906. The first-order valence-electron chi connectivity index (χ1n) is 8.76. The van der Waals surface area contributed by atoms with E-state index in [9.17, 15) is 4.79 Å². The molecule has 1 amide bonds. The lowest BCUT2D eigenvalue weighted by Gasteiger charge is -2.21. The van der Waals surface area contributed by atoms with Crippen molar-refractivity contribution in [1.82, 2.24) is 4.98 Å². The minimum absolute atomic E-state index is 0.108. The molecular formula is C22H23N3O. The number of amides is 1. The van der Waals surface area contributed by atoms with Gasteiger partial charge in [-0.1, -0.05) is 30.3 Å². The Morgan fingerprint density at radius 3 is 2.54 bits per heavy atom. The van der Waals surface area contributed by atoms with E-state index in [0.717, 1.165) is 17.1 Å². The van der Waals surface area contributed by atoms with Gasteiger partial charge >= 0.3 is 0 Å². The highest BCUT2D eigenvalue weighted by atomic mass is 16.2. The molecule has 1 aromatic heterocycles. The van der Waals surface area contributed by atoms with Crippen LogP contribution in [0, 0.1) is 13.8 Å². The summed E-state index contributed by atoms with van der Waals surface area (Å²) in [6.45, 7) is 6.71. The molecule has 0 atom stereocenters. The monoisotopic (exact) mass is 345 g/mol. The molecule has 3 rings (SSSR count). The van der Waals surface area contributed by atoms with Gasteiger partial charge in [0, 0.05) is 29.8 Å². The summed E-state index contributed by atoms with van der Waals surface area (Å²) in [6.07, 6.45) is 1.67. The van der Waals surface area contributed by atoms with Crippen molar-refractivity contribution in [2.75, 3.05) is 16.8 Å². The lowest BCUT2D eigenvalue weighted by atomic mass is 10.1. The Balaban J connectivity index is 1.86. The van der Waals surface area contributed by atoms with E-state index in [4.69, 9.17) is 0 Å². The normalized spacial score (nSPS) is 10.4. The SMILES string of the molecule is CCN(C(=O)c1cc(Nc2cccc(C)c2C)ccn1)c1ccccc1. The van der Waals surface area contributed by atoms with E-state index >= 15 is 0 Å². The molecule has 0 unspecified atom stereocenters. The Morgan fingerprint density at radius 2 is 1.81 bits per heavy atom. The van der Waals surface area contributed by atoms with Gasteiger partial charge in [0.15, 0.2) is 0 Å². The summed E-state index contributed by atoms with van der Waals surface area (Å²) in [5.41, 5.74) is 5.59. The van der Waals surface area contributed by atoms with Gasteiger partial charge in [-0.05, 0) is 62.2 Å². The van der Waals surface area contributed by atoms with Gasteiger partial charge in [0.1, 0.15) is 5.69 Å². The summed E-state index contributed by atoms with van der Waals surface area (Å²) in [5.74, 6) is -0.108.